The zero-order valence-corrected chi connectivity index (χ0v) is 22.0. The van der Waals surface area contributed by atoms with Crippen LogP contribution in [0.4, 0.5) is 5.69 Å². The molecule has 1 aliphatic heterocycles. The van der Waals surface area contributed by atoms with E-state index in [4.69, 9.17) is 4.74 Å². The molecular weight excluding hydrogens is 490 g/mol. The average molecular weight is 522 g/mol. The topological polar surface area (TPSA) is 99.2 Å². The lowest BCUT2D eigenvalue weighted by atomic mass is 10.1. The molecule has 1 aliphatic rings. The molecule has 2 N–H and O–H groups in total. The van der Waals surface area contributed by atoms with Crippen molar-refractivity contribution in [3.63, 3.8) is 0 Å². The van der Waals surface area contributed by atoms with Crippen LogP contribution in [0, 0.1) is 17.8 Å². The van der Waals surface area contributed by atoms with Gasteiger partial charge in [-0.15, -0.1) is 0 Å². The number of fused-ring (bicyclic) bond motifs is 1. The number of methoxy groups -OCH3 is 1. The molecule has 0 bridgehead atoms. The van der Waals surface area contributed by atoms with Gasteiger partial charge in [0.1, 0.15) is 11.8 Å². The Bertz CT molecular complexity index is 1430. The van der Waals surface area contributed by atoms with Crippen LogP contribution in [0.1, 0.15) is 25.0 Å². The maximum Gasteiger partial charge on any atom is 0.322 e. The van der Waals surface area contributed by atoms with Crippen molar-refractivity contribution >= 4 is 32.6 Å². The summed E-state index contributed by atoms with van der Waals surface area (Å²) >= 11 is 0. The molecule has 194 valence electrons. The number of ether oxygens (including phenoxy) is 1. The van der Waals surface area contributed by atoms with Crippen molar-refractivity contribution in [2.45, 2.75) is 19.9 Å². The van der Waals surface area contributed by atoms with Gasteiger partial charge in [0.05, 0.1) is 7.11 Å². The Kier molecular flexibility index (Phi) is 8.03. The molecular formula is C28H31N3O5S. The van der Waals surface area contributed by atoms with Gasteiger partial charge < -0.3 is 14.7 Å². The van der Waals surface area contributed by atoms with Gasteiger partial charge in [0.25, 0.3) is 10.2 Å². The molecule has 1 atom stereocenters. The third-order valence-electron chi connectivity index (χ3n) is 6.42. The van der Waals surface area contributed by atoms with E-state index in [-0.39, 0.29) is 19.0 Å². The van der Waals surface area contributed by atoms with Crippen molar-refractivity contribution in [1.29, 1.82) is 0 Å². The van der Waals surface area contributed by atoms with E-state index in [0.717, 1.165) is 33.3 Å². The van der Waals surface area contributed by atoms with Crippen LogP contribution >= 0.6 is 0 Å². The Morgan fingerprint density at radius 3 is 2.14 bits per heavy atom. The molecule has 9 heteroatoms. The van der Waals surface area contributed by atoms with Crippen LogP contribution in [0.5, 0.6) is 5.75 Å². The van der Waals surface area contributed by atoms with Crippen LogP contribution in [0.25, 0.3) is 10.8 Å². The number of carbonyl (C=O) groups is 1. The summed E-state index contributed by atoms with van der Waals surface area (Å²) in [7, 11) is -2.23. The second-order valence-electron chi connectivity index (χ2n) is 9.29. The lowest BCUT2D eigenvalue weighted by Gasteiger charge is -2.36. The summed E-state index contributed by atoms with van der Waals surface area (Å²) < 4.78 is 34.3. The highest BCUT2D eigenvalue weighted by atomic mass is 32.2. The van der Waals surface area contributed by atoms with E-state index in [9.17, 15) is 18.3 Å². The standard InChI is InChI=1S/C28H31N3O5S/c1-20(2)27(28(32)33)29-37(34,35)31-16-14-30(15-17-31)25-11-7-21(8-12-25)4-5-22-6-9-24-19-26(36-3)13-10-23(24)18-22/h6-13,18-20,27,29H,14-17H2,1-3H3,(H,32,33)/t27-/m0/s1. The van der Waals surface area contributed by atoms with Crippen molar-refractivity contribution in [3.8, 4) is 17.6 Å². The summed E-state index contributed by atoms with van der Waals surface area (Å²) in [6.45, 7) is 4.91. The zero-order chi connectivity index (χ0) is 26.6. The Morgan fingerprint density at radius 1 is 0.919 bits per heavy atom. The highest BCUT2D eigenvalue weighted by molar-refractivity contribution is 7.87. The van der Waals surface area contributed by atoms with E-state index in [2.05, 4.69) is 27.5 Å². The molecule has 1 saturated heterocycles. The van der Waals surface area contributed by atoms with Crippen LogP contribution in [0.3, 0.4) is 0 Å². The molecule has 1 heterocycles. The van der Waals surface area contributed by atoms with E-state index in [0.29, 0.717) is 13.1 Å². The molecule has 8 nitrogen and oxygen atoms in total. The number of rotatable bonds is 7. The van der Waals surface area contributed by atoms with Gasteiger partial charge in [-0.25, -0.2) is 0 Å². The number of nitrogens with zero attached hydrogens (tertiary/aromatic N) is 2. The predicted octanol–water partition coefficient (Wildman–Crippen LogP) is 3.31. The number of nitrogens with one attached hydrogen (secondary N) is 1. The minimum absolute atomic E-state index is 0.273. The van der Waals surface area contributed by atoms with E-state index in [1.54, 1.807) is 21.0 Å². The normalized spacial score (nSPS) is 15.3. The molecule has 4 rings (SSSR count). The first-order valence-electron chi connectivity index (χ1n) is 12.1. The van der Waals surface area contributed by atoms with Gasteiger partial charge in [-0.1, -0.05) is 37.8 Å². The Morgan fingerprint density at radius 2 is 1.51 bits per heavy atom. The maximum absolute atomic E-state index is 12.7. The number of aliphatic carboxylic acids is 1. The van der Waals surface area contributed by atoms with E-state index >= 15 is 0 Å². The smallest absolute Gasteiger partial charge is 0.322 e. The lowest BCUT2D eigenvalue weighted by Crippen LogP contribution is -2.55. The fraction of sp³-hybridized carbons (Fsp3) is 0.321. The van der Waals surface area contributed by atoms with Crippen molar-refractivity contribution in [3.05, 3.63) is 71.8 Å². The fourth-order valence-corrected chi connectivity index (χ4v) is 5.71. The first kappa shape index (κ1) is 26.5. The van der Waals surface area contributed by atoms with Crippen LogP contribution in [0.2, 0.25) is 0 Å². The van der Waals surface area contributed by atoms with Gasteiger partial charge in [0.15, 0.2) is 0 Å². The number of carboxylic acids is 1. The molecule has 3 aromatic rings. The first-order chi connectivity index (χ1) is 17.7. The number of anilines is 1. The highest BCUT2D eigenvalue weighted by Gasteiger charge is 2.32. The summed E-state index contributed by atoms with van der Waals surface area (Å²) in [6, 6.07) is 18.8. The Labute approximate surface area is 218 Å². The van der Waals surface area contributed by atoms with E-state index in [1.165, 1.54) is 4.31 Å². The van der Waals surface area contributed by atoms with Crippen LogP contribution in [-0.2, 0) is 15.0 Å². The molecule has 0 unspecified atom stereocenters. The third-order valence-corrected chi connectivity index (χ3v) is 8.01. The largest absolute Gasteiger partial charge is 0.497 e. The Hall–Kier alpha value is -3.58. The van der Waals surface area contributed by atoms with Gasteiger partial charge in [-0.05, 0) is 65.2 Å². The highest BCUT2D eigenvalue weighted by Crippen LogP contribution is 2.22. The second kappa shape index (κ2) is 11.2. The van der Waals surface area contributed by atoms with Gasteiger partial charge in [-0.3, -0.25) is 4.79 Å². The number of piperazine rings is 1. The van der Waals surface area contributed by atoms with Crippen molar-refractivity contribution in [2.75, 3.05) is 38.2 Å². The van der Waals surface area contributed by atoms with Crippen LogP contribution in [0.15, 0.2) is 60.7 Å². The molecule has 0 aliphatic carbocycles. The minimum Gasteiger partial charge on any atom is -0.497 e. The first-order valence-corrected chi connectivity index (χ1v) is 13.6. The molecule has 0 aromatic heterocycles. The average Bonchev–Trinajstić information content (AvgIpc) is 2.90. The van der Waals surface area contributed by atoms with Crippen LogP contribution < -0.4 is 14.4 Å². The summed E-state index contributed by atoms with van der Waals surface area (Å²) in [5.74, 6) is 5.71. The third kappa shape index (κ3) is 6.41. The van der Waals surface area contributed by atoms with Crippen molar-refractivity contribution in [1.82, 2.24) is 9.03 Å². The zero-order valence-electron chi connectivity index (χ0n) is 21.1. The van der Waals surface area contributed by atoms with E-state index in [1.807, 2.05) is 54.6 Å². The molecule has 0 spiro atoms. The summed E-state index contributed by atoms with van der Waals surface area (Å²) in [6.07, 6.45) is 0. The number of hydrogen-bond acceptors (Lipinski definition) is 5. The van der Waals surface area contributed by atoms with Gasteiger partial charge in [0.2, 0.25) is 0 Å². The van der Waals surface area contributed by atoms with Crippen LogP contribution in [-0.4, -0.2) is 63.1 Å². The summed E-state index contributed by atoms with van der Waals surface area (Å²) in [4.78, 5) is 13.5. The van der Waals surface area contributed by atoms with Gasteiger partial charge in [-0.2, -0.15) is 17.4 Å². The quantitative estimate of drug-likeness (QED) is 0.463. The lowest BCUT2D eigenvalue weighted by molar-refractivity contribution is -0.140. The summed E-state index contributed by atoms with van der Waals surface area (Å²) in [5, 5.41) is 11.5. The number of hydrogen-bond donors (Lipinski definition) is 2. The molecule has 0 amide bonds. The predicted molar refractivity (Wildman–Crippen MR) is 145 cm³/mol. The molecule has 3 aromatic carbocycles. The summed E-state index contributed by atoms with van der Waals surface area (Å²) in [5.41, 5.74) is 2.80. The Balaban J connectivity index is 1.37. The minimum atomic E-state index is -3.88. The van der Waals surface area contributed by atoms with Crippen molar-refractivity contribution in [2.24, 2.45) is 5.92 Å². The molecule has 37 heavy (non-hydrogen) atoms. The SMILES string of the molecule is COc1ccc2cc(C#Cc3ccc(N4CCN(S(=O)(=O)N[C@H](C(=O)O)C(C)C)CC4)cc3)ccc2c1. The second-order valence-corrected chi connectivity index (χ2v) is 11.0. The molecule has 0 saturated carbocycles. The molecule has 1 fully saturated rings. The fourth-order valence-electron chi connectivity index (χ4n) is 4.22. The number of benzene rings is 3. The van der Waals surface area contributed by atoms with Gasteiger partial charge >= 0.3 is 5.97 Å². The number of carboxylic acid groups (broad SMARTS) is 1. The molecule has 0 radical (unpaired) electrons. The van der Waals surface area contributed by atoms with E-state index < -0.39 is 22.2 Å². The van der Waals surface area contributed by atoms with Crippen molar-refractivity contribution < 1.29 is 23.1 Å². The monoisotopic (exact) mass is 521 g/mol. The maximum atomic E-state index is 12.7. The van der Waals surface area contributed by atoms with Gasteiger partial charge in [0, 0.05) is 43.0 Å².